The molecule has 1 aliphatic rings. The Labute approximate surface area is 192 Å². The maximum atomic E-state index is 11.8. The molecule has 2 heterocycles. The fourth-order valence-corrected chi connectivity index (χ4v) is 4.41. The number of likely N-dealkylation sites (tertiary alicyclic amines) is 1. The van der Waals surface area contributed by atoms with E-state index in [-0.39, 0.29) is 17.8 Å². The summed E-state index contributed by atoms with van der Waals surface area (Å²) in [5.41, 5.74) is 8.65. The molecule has 1 aliphatic heterocycles. The van der Waals surface area contributed by atoms with Crippen LogP contribution in [0.4, 0.5) is 5.82 Å². The monoisotopic (exact) mass is 442 g/mol. The normalized spacial score (nSPS) is 15.5. The fourth-order valence-electron chi connectivity index (χ4n) is 4.41. The molecule has 1 fully saturated rings. The van der Waals surface area contributed by atoms with Crippen molar-refractivity contribution in [3.63, 3.8) is 0 Å². The Morgan fingerprint density at radius 2 is 1.79 bits per heavy atom. The number of rotatable bonds is 8. The quantitative estimate of drug-likeness (QED) is 0.520. The van der Waals surface area contributed by atoms with Crippen LogP contribution in [0.25, 0.3) is 11.1 Å². The first kappa shape index (κ1) is 22.2. The summed E-state index contributed by atoms with van der Waals surface area (Å²) >= 11 is 0. The maximum absolute atomic E-state index is 11.8. The molecule has 0 spiro atoms. The Kier molecular flexibility index (Phi) is 6.52. The largest absolute Gasteiger partial charge is 0.365 e. The Bertz CT molecular complexity index is 1160. The highest BCUT2D eigenvalue weighted by Gasteiger charge is 2.38. The SMILES string of the molecule is N#CCC1(n2cc(C(N)=O)c(NC=O)n2)CCN(Cc2ccc(-c3ccccc3)cc2)CC1. The molecule has 33 heavy (non-hydrogen) atoms. The topological polar surface area (TPSA) is 117 Å². The molecule has 2 amide bonds. The molecular weight excluding hydrogens is 416 g/mol. The van der Waals surface area contributed by atoms with Gasteiger partial charge in [0.25, 0.3) is 5.91 Å². The van der Waals surface area contributed by atoms with Gasteiger partial charge < -0.3 is 11.1 Å². The predicted molar refractivity (Wildman–Crippen MR) is 125 cm³/mol. The van der Waals surface area contributed by atoms with Crippen molar-refractivity contribution < 1.29 is 9.59 Å². The van der Waals surface area contributed by atoms with Crippen LogP contribution < -0.4 is 11.1 Å². The number of piperidine rings is 1. The number of nitriles is 1. The van der Waals surface area contributed by atoms with E-state index < -0.39 is 11.4 Å². The van der Waals surface area contributed by atoms with Crippen LogP contribution in [0.15, 0.2) is 60.8 Å². The van der Waals surface area contributed by atoms with Gasteiger partial charge in [0.15, 0.2) is 5.82 Å². The first-order valence-corrected chi connectivity index (χ1v) is 10.9. The van der Waals surface area contributed by atoms with Gasteiger partial charge in [-0.1, -0.05) is 54.6 Å². The Hall–Kier alpha value is -3.96. The molecule has 168 valence electrons. The standard InChI is InChI=1S/C25H26N6O2/c26-13-10-25(31-17-22(23(27)33)24(29-31)28-18-32)11-14-30(15-12-25)16-19-6-8-21(9-7-19)20-4-2-1-3-5-20/h1-9,17-18H,10-12,14-16H2,(H2,27,33)(H,28,29,32). The third-order valence-corrected chi connectivity index (χ3v) is 6.32. The van der Waals surface area contributed by atoms with Crippen LogP contribution in [-0.4, -0.2) is 40.1 Å². The fraction of sp³-hybridized carbons (Fsp3) is 0.280. The van der Waals surface area contributed by atoms with Crippen LogP contribution in [0.2, 0.25) is 0 Å². The van der Waals surface area contributed by atoms with E-state index in [1.807, 2.05) is 18.2 Å². The second-order valence-corrected chi connectivity index (χ2v) is 8.36. The minimum Gasteiger partial charge on any atom is -0.365 e. The number of nitrogens with two attached hydrogens (primary N) is 1. The van der Waals surface area contributed by atoms with Crippen molar-refractivity contribution >= 4 is 18.1 Å². The van der Waals surface area contributed by atoms with Gasteiger partial charge in [0.1, 0.15) is 5.56 Å². The van der Waals surface area contributed by atoms with Gasteiger partial charge in [-0.15, -0.1) is 0 Å². The van der Waals surface area contributed by atoms with Crippen LogP contribution >= 0.6 is 0 Å². The third kappa shape index (κ3) is 4.78. The van der Waals surface area contributed by atoms with Crippen LogP contribution in [-0.2, 0) is 16.9 Å². The van der Waals surface area contributed by atoms with E-state index in [1.54, 1.807) is 10.9 Å². The van der Waals surface area contributed by atoms with Crippen LogP contribution in [0, 0.1) is 11.3 Å². The zero-order valence-electron chi connectivity index (χ0n) is 18.3. The number of primary amides is 1. The van der Waals surface area contributed by atoms with Gasteiger partial charge in [0, 0.05) is 25.8 Å². The molecule has 8 heteroatoms. The van der Waals surface area contributed by atoms with Crippen molar-refractivity contribution in [1.82, 2.24) is 14.7 Å². The van der Waals surface area contributed by atoms with Gasteiger partial charge in [0.2, 0.25) is 6.41 Å². The lowest BCUT2D eigenvalue weighted by Gasteiger charge is -2.40. The zero-order valence-corrected chi connectivity index (χ0v) is 18.3. The number of aromatic nitrogens is 2. The molecule has 0 aliphatic carbocycles. The van der Waals surface area contributed by atoms with Gasteiger partial charge in [-0.05, 0) is 29.5 Å². The lowest BCUT2D eigenvalue weighted by molar-refractivity contribution is -0.105. The molecule has 3 N–H and O–H groups in total. The number of hydrogen-bond acceptors (Lipinski definition) is 5. The number of hydrogen-bond donors (Lipinski definition) is 2. The number of benzene rings is 2. The van der Waals surface area contributed by atoms with Gasteiger partial charge >= 0.3 is 0 Å². The van der Waals surface area contributed by atoms with Crippen molar-refractivity contribution in [3.8, 4) is 17.2 Å². The molecule has 1 saturated heterocycles. The number of nitrogens with zero attached hydrogens (tertiary/aromatic N) is 4. The van der Waals surface area contributed by atoms with E-state index in [0.717, 1.165) is 19.6 Å². The van der Waals surface area contributed by atoms with E-state index in [0.29, 0.717) is 19.3 Å². The van der Waals surface area contributed by atoms with E-state index >= 15 is 0 Å². The lowest BCUT2D eigenvalue weighted by Crippen LogP contribution is -2.46. The highest BCUT2D eigenvalue weighted by atomic mass is 16.1. The highest BCUT2D eigenvalue weighted by molar-refractivity contribution is 5.99. The smallest absolute Gasteiger partial charge is 0.254 e. The molecule has 8 nitrogen and oxygen atoms in total. The predicted octanol–water partition coefficient (Wildman–Crippen LogP) is 3.12. The third-order valence-electron chi connectivity index (χ3n) is 6.32. The molecule has 0 unspecified atom stereocenters. The van der Waals surface area contributed by atoms with Crippen molar-refractivity contribution in [2.75, 3.05) is 18.4 Å². The molecule has 1 aromatic heterocycles. The first-order valence-electron chi connectivity index (χ1n) is 10.9. The molecule has 0 atom stereocenters. The first-order chi connectivity index (χ1) is 16.0. The number of carbonyl (C=O) groups excluding carboxylic acids is 2. The van der Waals surface area contributed by atoms with Gasteiger partial charge in [-0.2, -0.15) is 10.4 Å². The molecule has 0 bridgehead atoms. The molecule has 3 aromatic rings. The minimum absolute atomic E-state index is 0.121. The van der Waals surface area contributed by atoms with E-state index in [9.17, 15) is 14.9 Å². The molecule has 4 rings (SSSR count). The second kappa shape index (κ2) is 9.67. The summed E-state index contributed by atoms with van der Waals surface area (Å²) in [4.78, 5) is 25.0. The van der Waals surface area contributed by atoms with Crippen molar-refractivity contribution in [2.24, 2.45) is 5.73 Å². The average molecular weight is 443 g/mol. The summed E-state index contributed by atoms with van der Waals surface area (Å²) in [6, 6.07) is 21.2. The van der Waals surface area contributed by atoms with Crippen molar-refractivity contribution in [3.05, 3.63) is 71.9 Å². The molecule has 2 aromatic carbocycles. The van der Waals surface area contributed by atoms with E-state index in [4.69, 9.17) is 5.73 Å². The number of anilines is 1. The van der Waals surface area contributed by atoms with Gasteiger partial charge in [-0.3, -0.25) is 19.2 Å². The summed E-state index contributed by atoms with van der Waals surface area (Å²) in [7, 11) is 0. The average Bonchev–Trinajstić information content (AvgIpc) is 3.27. The summed E-state index contributed by atoms with van der Waals surface area (Å²) in [5, 5.41) is 16.3. The van der Waals surface area contributed by atoms with Crippen LogP contribution in [0.3, 0.4) is 0 Å². The Balaban J connectivity index is 1.46. The minimum atomic E-state index is -0.672. The Morgan fingerprint density at radius 1 is 1.12 bits per heavy atom. The number of nitrogens with one attached hydrogen (secondary N) is 1. The summed E-state index contributed by atoms with van der Waals surface area (Å²) in [6.07, 6.45) is 3.66. The van der Waals surface area contributed by atoms with Crippen molar-refractivity contribution in [1.29, 1.82) is 5.26 Å². The van der Waals surface area contributed by atoms with E-state index in [2.05, 4.69) is 57.8 Å². The highest BCUT2D eigenvalue weighted by Crippen LogP contribution is 2.35. The van der Waals surface area contributed by atoms with Crippen LogP contribution in [0.1, 0.15) is 35.2 Å². The number of carbonyl (C=O) groups is 2. The van der Waals surface area contributed by atoms with Crippen molar-refractivity contribution in [2.45, 2.75) is 31.3 Å². The van der Waals surface area contributed by atoms with E-state index in [1.165, 1.54) is 16.7 Å². The number of amides is 2. The Morgan fingerprint density at radius 3 is 2.39 bits per heavy atom. The summed E-state index contributed by atoms with van der Waals surface area (Å²) in [6.45, 7) is 2.38. The van der Waals surface area contributed by atoms with Gasteiger partial charge in [0.05, 0.1) is 18.0 Å². The lowest BCUT2D eigenvalue weighted by atomic mass is 9.84. The molecule has 0 saturated carbocycles. The van der Waals surface area contributed by atoms with Gasteiger partial charge in [-0.25, -0.2) is 0 Å². The maximum Gasteiger partial charge on any atom is 0.254 e. The zero-order chi connectivity index (χ0) is 23.3. The second-order valence-electron chi connectivity index (χ2n) is 8.36. The summed E-state index contributed by atoms with van der Waals surface area (Å²) in [5.74, 6) is -0.551. The molecule has 0 radical (unpaired) electrons. The summed E-state index contributed by atoms with van der Waals surface area (Å²) < 4.78 is 1.65. The van der Waals surface area contributed by atoms with Crippen LogP contribution in [0.5, 0.6) is 0 Å². The molecular formula is C25H26N6O2.